The number of ether oxygens (including phenoxy) is 1. The van der Waals surface area contributed by atoms with Crippen molar-refractivity contribution in [1.82, 2.24) is 0 Å². The highest BCUT2D eigenvalue weighted by Crippen LogP contribution is 2.38. The minimum Gasteiger partial charge on any atom is -0.432 e. The third-order valence-corrected chi connectivity index (χ3v) is 6.32. The third-order valence-electron chi connectivity index (χ3n) is 6.32. The fourth-order valence-corrected chi connectivity index (χ4v) is 4.58. The van der Waals surface area contributed by atoms with Crippen LogP contribution in [0, 0.1) is 29.4 Å². The molecule has 0 heterocycles. The van der Waals surface area contributed by atoms with E-state index in [2.05, 4.69) is 35.3 Å². The molecule has 0 unspecified atom stereocenters. The van der Waals surface area contributed by atoms with E-state index in [1.165, 1.54) is 31.2 Å². The molecule has 3 aromatic carbocycles. The summed E-state index contributed by atoms with van der Waals surface area (Å²) in [5.74, 6) is 3.16. The van der Waals surface area contributed by atoms with Gasteiger partial charge in [0.1, 0.15) is 0 Å². The molecule has 5 heteroatoms. The molecule has 1 fully saturated rings. The van der Waals surface area contributed by atoms with Crippen LogP contribution >= 0.6 is 0 Å². The highest BCUT2D eigenvalue weighted by Gasteiger charge is 2.22. The minimum absolute atomic E-state index is 0.223. The van der Waals surface area contributed by atoms with Crippen LogP contribution in [0.4, 0.5) is 17.6 Å². The van der Waals surface area contributed by atoms with Gasteiger partial charge in [0.2, 0.25) is 5.82 Å². The summed E-state index contributed by atoms with van der Waals surface area (Å²) in [5.41, 5.74) is 1.77. The molecule has 0 amide bonds. The van der Waals surface area contributed by atoms with Crippen LogP contribution < -0.4 is 4.74 Å². The highest BCUT2D eigenvalue weighted by atomic mass is 19.3. The van der Waals surface area contributed by atoms with Crippen molar-refractivity contribution in [3.63, 3.8) is 0 Å². The van der Waals surface area contributed by atoms with E-state index in [9.17, 15) is 17.6 Å². The fraction of sp³-hybridized carbons (Fsp3) is 0.286. The maximum Gasteiger partial charge on any atom is 0.387 e. The molecular formula is C28H24F4O. The van der Waals surface area contributed by atoms with Crippen molar-refractivity contribution < 1.29 is 22.3 Å². The van der Waals surface area contributed by atoms with Crippen LogP contribution in [0.15, 0.2) is 61.2 Å². The molecule has 0 N–H and O–H groups in total. The monoisotopic (exact) mass is 452 g/mol. The Hall–Kier alpha value is -3.26. The number of allylic oxidation sites excluding steroid dienone is 1. The quantitative estimate of drug-likeness (QED) is 0.217. The number of halogens is 4. The number of benzene rings is 3. The number of rotatable bonds is 5. The first-order valence-corrected chi connectivity index (χ1v) is 11.0. The molecule has 0 spiro atoms. The fourth-order valence-electron chi connectivity index (χ4n) is 4.58. The molecule has 0 aromatic heterocycles. The molecule has 0 radical (unpaired) electrons. The molecule has 1 aliphatic rings. The number of hydrogen-bond acceptors (Lipinski definition) is 1. The van der Waals surface area contributed by atoms with Gasteiger partial charge in [-0.15, -0.1) is 6.58 Å². The smallest absolute Gasteiger partial charge is 0.387 e. The van der Waals surface area contributed by atoms with Gasteiger partial charge in [-0.05, 0) is 78.5 Å². The Balaban J connectivity index is 1.58. The van der Waals surface area contributed by atoms with E-state index >= 15 is 0 Å². The molecular weight excluding hydrogens is 428 g/mol. The topological polar surface area (TPSA) is 9.23 Å². The predicted molar refractivity (Wildman–Crippen MR) is 122 cm³/mol. The first-order chi connectivity index (χ1) is 16.0. The zero-order valence-corrected chi connectivity index (χ0v) is 18.1. The Kier molecular flexibility index (Phi) is 7.03. The Labute approximate surface area is 191 Å². The molecule has 1 nitrogen and oxygen atoms in total. The highest BCUT2D eigenvalue weighted by molar-refractivity contribution is 5.89. The number of hydrogen-bond donors (Lipinski definition) is 0. The molecule has 0 aliphatic heterocycles. The van der Waals surface area contributed by atoms with Crippen molar-refractivity contribution in [1.29, 1.82) is 0 Å². The van der Waals surface area contributed by atoms with Gasteiger partial charge in [-0.2, -0.15) is 13.2 Å². The zero-order chi connectivity index (χ0) is 23.4. The summed E-state index contributed by atoms with van der Waals surface area (Å²) in [6.45, 7) is 0.611. The number of alkyl halides is 2. The van der Waals surface area contributed by atoms with Gasteiger partial charge in [-0.3, -0.25) is 0 Å². The second-order valence-electron chi connectivity index (χ2n) is 8.40. The van der Waals surface area contributed by atoms with Crippen LogP contribution in [0.25, 0.3) is 10.8 Å². The predicted octanol–water partition coefficient (Wildman–Crippen LogP) is 7.97. The maximum absolute atomic E-state index is 14.3. The Morgan fingerprint density at radius 2 is 1.70 bits per heavy atom. The molecule has 1 aliphatic carbocycles. The van der Waals surface area contributed by atoms with Crippen molar-refractivity contribution in [3.05, 3.63) is 89.5 Å². The number of fused-ring (bicyclic) bond motifs is 1. The SMILES string of the molecule is C=CCC1CCC(c2ccc3c(C#Cc4ccc(OC(F)F)c(F)c4F)cccc3c2)CC1. The van der Waals surface area contributed by atoms with Crippen LogP contribution in [0.3, 0.4) is 0 Å². The van der Waals surface area contributed by atoms with E-state index in [4.69, 9.17) is 0 Å². The van der Waals surface area contributed by atoms with Gasteiger partial charge in [0, 0.05) is 5.56 Å². The Morgan fingerprint density at radius 1 is 0.939 bits per heavy atom. The first kappa shape index (κ1) is 22.9. The molecule has 0 saturated heterocycles. The maximum atomic E-state index is 14.3. The Morgan fingerprint density at radius 3 is 2.42 bits per heavy atom. The molecule has 170 valence electrons. The van der Waals surface area contributed by atoms with Gasteiger partial charge in [0.05, 0.1) is 5.56 Å². The average molecular weight is 452 g/mol. The van der Waals surface area contributed by atoms with Crippen LogP contribution in [0.1, 0.15) is 54.7 Å². The second kappa shape index (κ2) is 10.1. The Bertz CT molecular complexity index is 1210. The van der Waals surface area contributed by atoms with Crippen molar-refractivity contribution in [2.45, 2.75) is 44.6 Å². The molecule has 4 rings (SSSR count). The van der Waals surface area contributed by atoms with Gasteiger partial charge in [0.25, 0.3) is 0 Å². The summed E-state index contributed by atoms with van der Waals surface area (Å²) < 4.78 is 56.8. The van der Waals surface area contributed by atoms with Crippen LogP contribution in [0.2, 0.25) is 0 Å². The lowest BCUT2D eigenvalue weighted by atomic mass is 9.77. The van der Waals surface area contributed by atoms with Crippen LogP contribution in [0.5, 0.6) is 5.75 Å². The lowest BCUT2D eigenvalue weighted by molar-refractivity contribution is -0.0525. The molecule has 33 heavy (non-hydrogen) atoms. The molecule has 1 saturated carbocycles. The molecule has 0 bridgehead atoms. The summed E-state index contributed by atoms with van der Waals surface area (Å²) in [7, 11) is 0. The van der Waals surface area contributed by atoms with E-state index in [0.29, 0.717) is 11.5 Å². The van der Waals surface area contributed by atoms with Crippen molar-refractivity contribution in [2.24, 2.45) is 5.92 Å². The van der Waals surface area contributed by atoms with Gasteiger partial charge >= 0.3 is 6.61 Å². The van der Waals surface area contributed by atoms with Crippen LogP contribution in [-0.4, -0.2) is 6.61 Å². The average Bonchev–Trinajstić information content (AvgIpc) is 2.82. The summed E-state index contributed by atoms with van der Waals surface area (Å²) in [6, 6.07) is 14.2. The third kappa shape index (κ3) is 5.22. The van der Waals surface area contributed by atoms with Crippen LogP contribution in [-0.2, 0) is 0 Å². The standard InChI is InChI=1S/C28H24F4O/c1-2-4-18-7-9-19(10-8-18)22-13-15-24-20(5-3-6-23(24)17-22)11-12-21-14-16-25(33-28(31)32)27(30)26(21)29/h2-3,5-6,13-19,28H,1,4,7-10H2. The van der Waals surface area contributed by atoms with Crippen molar-refractivity contribution >= 4 is 10.8 Å². The first-order valence-electron chi connectivity index (χ1n) is 11.0. The van der Waals surface area contributed by atoms with Gasteiger partial charge < -0.3 is 4.74 Å². The lowest BCUT2D eigenvalue weighted by Gasteiger charge is -2.28. The van der Waals surface area contributed by atoms with E-state index in [-0.39, 0.29) is 5.56 Å². The summed E-state index contributed by atoms with van der Waals surface area (Å²) in [6.07, 6.45) is 7.85. The van der Waals surface area contributed by atoms with E-state index in [1.54, 1.807) is 0 Å². The molecule has 0 atom stereocenters. The van der Waals surface area contributed by atoms with Gasteiger partial charge in [-0.1, -0.05) is 48.2 Å². The van der Waals surface area contributed by atoms with E-state index in [0.717, 1.165) is 35.2 Å². The van der Waals surface area contributed by atoms with Crippen molar-refractivity contribution in [2.75, 3.05) is 0 Å². The van der Waals surface area contributed by atoms with Crippen molar-refractivity contribution in [3.8, 4) is 17.6 Å². The summed E-state index contributed by atoms with van der Waals surface area (Å²) in [4.78, 5) is 0. The minimum atomic E-state index is -3.24. The van der Waals surface area contributed by atoms with E-state index < -0.39 is 24.0 Å². The molecule has 3 aromatic rings. The lowest BCUT2D eigenvalue weighted by Crippen LogP contribution is -2.12. The largest absolute Gasteiger partial charge is 0.432 e. The zero-order valence-electron chi connectivity index (χ0n) is 18.1. The summed E-state index contributed by atoms with van der Waals surface area (Å²) >= 11 is 0. The summed E-state index contributed by atoms with van der Waals surface area (Å²) in [5, 5.41) is 1.97. The second-order valence-corrected chi connectivity index (χ2v) is 8.40. The van der Waals surface area contributed by atoms with Gasteiger partial charge in [0.15, 0.2) is 11.6 Å². The van der Waals surface area contributed by atoms with Gasteiger partial charge in [-0.25, -0.2) is 4.39 Å². The normalized spacial score (nSPS) is 18.1. The van der Waals surface area contributed by atoms with E-state index in [1.807, 2.05) is 30.3 Å².